The number of carbonyl (C=O) groups is 2. The molecule has 0 radical (unpaired) electrons. The van der Waals surface area contributed by atoms with Gasteiger partial charge in [0.05, 0.1) is 0 Å². The van der Waals surface area contributed by atoms with Gasteiger partial charge < -0.3 is 15.3 Å². The van der Waals surface area contributed by atoms with E-state index in [1.165, 1.54) is 28.5 Å². The molecule has 2 N–H and O–H groups in total. The second kappa shape index (κ2) is 10.6. The van der Waals surface area contributed by atoms with Gasteiger partial charge in [0.15, 0.2) is 10.0 Å². The fraction of sp³-hybridized carbons (Fsp3) is 0.667. The van der Waals surface area contributed by atoms with Crippen LogP contribution in [-0.4, -0.2) is 58.3 Å². The van der Waals surface area contributed by atoms with Crippen LogP contribution < -0.4 is 5.32 Å². The Kier molecular flexibility index (Phi) is 9.20. The quantitative estimate of drug-likeness (QED) is 0.728. The highest BCUT2D eigenvalue weighted by molar-refractivity contribution is 8.01. The van der Waals surface area contributed by atoms with Crippen LogP contribution in [0.4, 0.5) is 0 Å². The van der Waals surface area contributed by atoms with Crippen molar-refractivity contribution in [3.63, 3.8) is 0 Å². The number of nitrogens with one attached hydrogen (secondary N) is 1. The first-order valence-corrected chi connectivity index (χ1v) is 9.67. The molecule has 23 heavy (non-hydrogen) atoms. The van der Waals surface area contributed by atoms with E-state index < -0.39 is 5.97 Å². The summed E-state index contributed by atoms with van der Waals surface area (Å²) in [5.74, 6) is -0.0299. The zero-order valence-corrected chi connectivity index (χ0v) is 15.5. The van der Waals surface area contributed by atoms with Crippen molar-refractivity contribution in [2.24, 2.45) is 0 Å². The van der Waals surface area contributed by atoms with Gasteiger partial charge in [-0.25, -0.2) is 9.78 Å². The Morgan fingerprint density at radius 1 is 1.52 bits per heavy atom. The Labute approximate surface area is 145 Å². The van der Waals surface area contributed by atoms with E-state index in [1.54, 1.807) is 0 Å². The van der Waals surface area contributed by atoms with Crippen LogP contribution in [-0.2, 0) is 4.79 Å². The number of likely N-dealkylation sites (tertiary alicyclic amines) is 1. The predicted octanol–water partition coefficient (Wildman–Crippen LogP) is 2.56. The first kappa shape index (κ1) is 19.9. The summed E-state index contributed by atoms with van der Waals surface area (Å²) in [5.41, 5.74) is 0.0908. The maximum atomic E-state index is 11.5. The van der Waals surface area contributed by atoms with Gasteiger partial charge in [-0.3, -0.25) is 4.79 Å². The van der Waals surface area contributed by atoms with Crippen molar-refractivity contribution in [1.29, 1.82) is 0 Å². The van der Waals surface area contributed by atoms with E-state index in [-0.39, 0.29) is 11.6 Å². The molecule has 1 aromatic rings. The number of thioether (sulfide) groups is 1. The standard InChI is InChI=1S/C11H14N2O3S2.C4H11N/c1-7-2-3-9(14)13(7)4-5-17-11-12-8(6-18-11)10(15)16;1-3-5-4-2/h6-7H,2-5H2,1H3,(H,15,16);5H,3-4H2,1-2H3/t7-;/m1./s1. The van der Waals surface area contributed by atoms with E-state index in [0.717, 1.165) is 29.6 Å². The SMILES string of the molecule is CCNCC.C[C@@H]1CCC(=O)N1CCSc1nc(C(=O)O)cs1. The number of carboxylic acids is 1. The van der Waals surface area contributed by atoms with Crippen molar-refractivity contribution in [3.05, 3.63) is 11.1 Å². The van der Waals surface area contributed by atoms with Gasteiger partial charge in [-0.05, 0) is 26.4 Å². The molecule has 1 amide bonds. The molecule has 0 unspecified atom stereocenters. The fourth-order valence-corrected chi connectivity index (χ4v) is 3.93. The molecule has 1 saturated heterocycles. The largest absolute Gasteiger partial charge is 0.476 e. The molecular formula is C15H25N3O3S2. The van der Waals surface area contributed by atoms with Crippen LogP contribution in [0.1, 0.15) is 44.1 Å². The molecule has 2 heterocycles. The molecule has 0 saturated carbocycles. The molecule has 1 atom stereocenters. The van der Waals surface area contributed by atoms with Crippen LogP contribution in [0.5, 0.6) is 0 Å². The van der Waals surface area contributed by atoms with Gasteiger partial charge >= 0.3 is 5.97 Å². The number of amides is 1. The molecule has 1 aromatic heterocycles. The topological polar surface area (TPSA) is 82.5 Å². The minimum absolute atomic E-state index is 0.0908. The van der Waals surface area contributed by atoms with Crippen LogP contribution in [0.3, 0.4) is 0 Å². The summed E-state index contributed by atoms with van der Waals surface area (Å²) >= 11 is 2.83. The summed E-state index contributed by atoms with van der Waals surface area (Å²) in [6, 6.07) is 0.323. The summed E-state index contributed by atoms with van der Waals surface area (Å²) in [6.07, 6.45) is 1.58. The zero-order chi connectivity index (χ0) is 17.2. The molecule has 0 bridgehead atoms. The van der Waals surface area contributed by atoms with Gasteiger partial charge in [-0.1, -0.05) is 25.6 Å². The Balaban J connectivity index is 0.000000463. The predicted molar refractivity (Wildman–Crippen MR) is 94.4 cm³/mol. The van der Waals surface area contributed by atoms with Crippen LogP contribution >= 0.6 is 23.1 Å². The van der Waals surface area contributed by atoms with Gasteiger partial charge in [0.25, 0.3) is 0 Å². The molecule has 1 fully saturated rings. The van der Waals surface area contributed by atoms with Crippen molar-refractivity contribution in [3.8, 4) is 0 Å². The molecule has 0 spiro atoms. The van der Waals surface area contributed by atoms with E-state index in [4.69, 9.17) is 5.11 Å². The molecule has 6 nitrogen and oxygen atoms in total. The molecule has 1 aliphatic rings. The maximum Gasteiger partial charge on any atom is 0.355 e. The number of carbonyl (C=O) groups excluding carboxylic acids is 1. The van der Waals surface area contributed by atoms with Crippen LogP contribution in [0.25, 0.3) is 0 Å². The van der Waals surface area contributed by atoms with E-state index in [9.17, 15) is 9.59 Å². The Morgan fingerprint density at radius 2 is 2.22 bits per heavy atom. The van der Waals surface area contributed by atoms with E-state index in [1.807, 2.05) is 4.90 Å². The molecule has 0 aromatic carbocycles. The minimum atomic E-state index is -0.999. The van der Waals surface area contributed by atoms with Crippen molar-refractivity contribution >= 4 is 35.0 Å². The van der Waals surface area contributed by atoms with Crippen molar-refractivity contribution in [1.82, 2.24) is 15.2 Å². The average molecular weight is 360 g/mol. The monoisotopic (exact) mass is 359 g/mol. The molecular weight excluding hydrogens is 334 g/mol. The van der Waals surface area contributed by atoms with Gasteiger partial charge in [-0.15, -0.1) is 11.3 Å². The number of aromatic nitrogens is 1. The lowest BCUT2D eigenvalue weighted by molar-refractivity contribution is -0.128. The van der Waals surface area contributed by atoms with Crippen LogP contribution in [0.15, 0.2) is 9.72 Å². The molecule has 2 rings (SSSR count). The normalized spacial score (nSPS) is 17.1. The minimum Gasteiger partial charge on any atom is -0.476 e. The van der Waals surface area contributed by atoms with Crippen LogP contribution in [0, 0.1) is 0 Å². The number of hydrogen-bond donors (Lipinski definition) is 2. The first-order chi connectivity index (χ1) is 11.0. The highest BCUT2D eigenvalue weighted by Crippen LogP contribution is 2.24. The second-order valence-corrected chi connectivity index (χ2v) is 7.28. The number of rotatable bonds is 7. The number of nitrogens with zero attached hydrogens (tertiary/aromatic N) is 2. The van der Waals surface area contributed by atoms with Crippen molar-refractivity contribution < 1.29 is 14.7 Å². The fourth-order valence-electron chi connectivity index (χ4n) is 2.13. The maximum absolute atomic E-state index is 11.5. The third kappa shape index (κ3) is 6.88. The highest BCUT2D eigenvalue weighted by atomic mass is 32.2. The lowest BCUT2D eigenvalue weighted by Crippen LogP contribution is -2.32. The second-order valence-electron chi connectivity index (χ2n) is 5.08. The molecule has 0 aliphatic carbocycles. The Bertz CT molecular complexity index is 506. The summed E-state index contributed by atoms with van der Waals surface area (Å²) in [4.78, 5) is 28.1. The third-order valence-electron chi connectivity index (χ3n) is 3.39. The number of aromatic carboxylic acids is 1. The van der Waals surface area contributed by atoms with Gasteiger partial charge in [-0.2, -0.15) is 0 Å². The Morgan fingerprint density at radius 3 is 2.65 bits per heavy atom. The van der Waals surface area contributed by atoms with Crippen molar-refractivity contribution in [2.75, 3.05) is 25.4 Å². The van der Waals surface area contributed by atoms with E-state index in [0.29, 0.717) is 19.0 Å². The number of thiazole rings is 1. The first-order valence-electron chi connectivity index (χ1n) is 7.81. The molecule has 1 aliphatic heterocycles. The Hall–Kier alpha value is -1.12. The zero-order valence-electron chi connectivity index (χ0n) is 13.9. The summed E-state index contributed by atoms with van der Waals surface area (Å²) in [5, 5.41) is 13.4. The third-order valence-corrected chi connectivity index (χ3v) is 5.39. The van der Waals surface area contributed by atoms with Gasteiger partial charge in [0.2, 0.25) is 5.91 Å². The summed E-state index contributed by atoms with van der Waals surface area (Å²) in [6.45, 7) is 9.15. The van der Waals surface area contributed by atoms with Crippen LogP contribution in [0.2, 0.25) is 0 Å². The van der Waals surface area contributed by atoms with Crippen molar-refractivity contribution in [2.45, 2.75) is 44.0 Å². The highest BCUT2D eigenvalue weighted by Gasteiger charge is 2.26. The smallest absolute Gasteiger partial charge is 0.355 e. The molecule has 8 heteroatoms. The lowest BCUT2D eigenvalue weighted by atomic mass is 10.2. The lowest BCUT2D eigenvalue weighted by Gasteiger charge is -2.20. The van der Waals surface area contributed by atoms with E-state index >= 15 is 0 Å². The number of carboxylic acid groups (broad SMARTS) is 1. The molecule has 130 valence electrons. The number of hydrogen-bond acceptors (Lipinski definition) is 6. The van der Waals surface area contributed by atoms with Gasteiger partial charge in [0.1, 0.15) is 0 Å². The summed E-state index contributed by atoms with van der Waals surface area (Å²) in [7, 11) is 0. The summed E-state index contributed by atoms with van der Waals surface area (Å²) < 4.78 is 0.742. The van der Waals surface area contributed by atoms with Gasteiger partial charge in [0, 0.05) is 30.1 Å². The average Bonchev–Trinajstić information content (AvgIpc) is 3.10. The van der Waals surface area contributed by atoms with E-state index in [2.05, 4.69) is 31.1 Å².